The average Bonchev–Trinajstić information content (AvgIpc) is 3.27. The fraction of sp³-hybridized carbons (Fsp3) is 0.435. The van der Waals surface area contributed by atoms with Crippen molar-refractivity contribution in [2.24, 2.45) is 0 Å². The van der Waals surface area contributed by atoms with Crippen molar-refractivity contribution in [1.82, 2.24) is 10.0 Å². The second kappa shape index (κ2) is 10.7. The number of aryl methyl sites for hydroxylation is 1. The minimum atomic E-state index is -3.91. The maximum atomic E-state index is 13.1. The van der Waals surface area contributed by atoms with Crippen molar-refractivity contribution in [3.8, 4) is 5.75 Å². The lowest BCUT2D eigenvalue weighted by Gasteiger charge is -2.20. The number of hydrogen-bond donors (Lipinski definition) is 2. The Morgan fingerprint density at radius 3 is 2.65 bits per heavy atom. The highest BCUT2D eigenvalue weighted by atomic mass is 32.2. The van der Waals surface area contributed by atoms with E-state index in [1.807, 2.05) is 37.3 Å². The van der Waals surface area contributed by atoms with Gasteiger partial charge in [0.15, 0.2) is 0 Å². The first-order chi connectivity index (χ1) is 14.9. The first-order valence-electron chi connectivity index (χ1n) is 10.6. The molecule has 0 aromatic heterocycles. The van der Waals surface area contributed by atoms with Gasteiger partial charge in [-0.2, -0.15) is 4.72 Å². The molecule has 7 nitrogen and oxygen atoms in total. The van der Waals surface area contributed by atoms with Crippen molar-refractivity contribution >= 4 is 15.9 Å². The van der Waals surface area contributed by atoms with E-state index in [1.54, 1.807) is 19.1 Å². The van der Waals surface area contributed by atoms with Crippen molar-refractivity contribution in [2.45, 2.75) is 50.2 Å². The van der Waals surface area contributed by atoms with Crippen LogP contribution in [0, 0.1) is 6.92 Å². The van der Waals surface area contributed by atoms with Gasteiger partial charge in [-0.1, -0.05) is 30.3 Å². The van der Waals surface area contributed by atoms with E-state index in [9.17, 15) is 13.2 Å². The fourth-order valence-electron chi connectivity index (χ4n) is 3.54. The number of carbonyl (C=O) groups is 1. The number of rotatable bonds is 10. The predicted octanol–water partition coefficient (Wildman–Crippen LogP) is 2.58. The van der Waals surface area contributed by atoms with Gasteiger partial charge in [-0.15, -0.1) is 0 Å². The van der Waals surface area contributed by atoms with Crippen molar-refractivity contribution in [1.29, 1.82) is 0 Å². The molecule has 0 spiro atoms. The number of carbonyl (C=O) groups excluding carboxylic acids is 1. The Morgan fingerprint density at radius 2 is 2.00 bits per heavy atom. The van der Waals surface area contributed by atoms with Crippen LogP contribution in [0.4, 0.5) is 0 Å². The zero-order valence-corrected chi connectivity index (χ0v) is 18.8. The fourth-order valence-corrected chi connectivity index (χ4v) is 4.82. The van der Waals surface area contributed by atoms with Crippen molar-refractivity contribution in [3.63, 3.8) is 0 Å². The Hall–Kier alpha value is -2.42. The number of ether oxygens (including phenoxy) is 2. The number of amides is 1. The number of sulfonamides is 1. The third-order valence-corrected chi connectivity index (χ3v) is 6.65. The van der Waals surface area contributed by atoms with Crippen LogP contribution in [-0.4, -0.2) is 46.2 Å². The van der Waals surface area contributed by atoms with Gasteiger partial charge in [0.1, 0.15) is 11.8 Å². The van der Waals surface area contributed by atoms with Crippen LogP contribution in [0.5, 0.6) is 5.75 Å². The molecule has 1 saturated heterocycles. The van der Waals surface area contributed by atoms with Crippen molar-refractivity contribution in [2.75, 3.05) is 19.8 Å². The molecular weight excluding hydrogens is 416 g/mol. The molecular formula is C23H30N2O5S. The second-order valence-corrected chi connectivity index (χ2v) is 9.32. The molecule has 0 aliphatic carbocycles. The lowest BCUT2D eigenvalue weighted by molar-refractivity contribution is -0.123. The monoisotopic (exact) mass is 446 g/mol. The largest absolute Gasteiger partial charge is 0.494 e. The highest BCUT2D eigenvalue weighted by molar-refractivity contribution is 7.89. The summed E-state index contributed by atoms with van der Waals surface area (Å²) in [4.78, 5) is 13.0. The van der Waals surface area contributed by atoms with E-state index in [0.717, 1.165) is 18.4 Å². The average molecular weight is 447 g/mol. The van der Waals surface area contributed by atoms with Crippen LogP contribution in [-0.2, 0) is 26.0 Å². The van der Waals surface area contributed by atoms with E-state index in [-0.39, 0.29) is 23.3 Å². The van der Waals surface area contributed by atoms with E-state index in [4.69, 9.17) is 9.47 Å². The van der Waals surface area contributed by atoms with Crippen LogP contribution in [0.25, 0.3) is 0 Å². The minimum absolute atomic E-state index is 0.0216. The topological polar surface area (TPSA) is 93.7 Å². The zero-order chi connectivity index (χ0) is 22.3. The molecule has 0 unspecified atom stereocenters. The van der Waals surface area contributed by atoms with Gasteiger partial charge in [0, 0.05) is 13.2 Å². The first kappa shape index (κ1) is 23.2. The Kier molecular flexibility index (Phi) is 8.06. The van der Waals surface area contributed by atoms with Crippen molar-refractivity contribution < 1.29 is 22.7 Å². The van der Waals surface area contributed by atoms with E-state index >= 15 is 0 Å². The minimum Gasteiger partial charge on any atom is -0.494 e. The van der Waals surface area contributed by atoms with E-state index in [0.29, 0.717) is 31.1 Å². The van der Waals surface area contributed by atoms with Gasteiger partial charge < -0.3 is 14.8 Å². The molecule has 1 aliphatic heterocycles. The van der Waals surface area contributed by atoms with Crippen LogP contribution in [0.15, 0.2) is 53.4 Å². The molecule has 1 heterocycles. The summed E-state index contributed by atoms with van der Waals surface area (Å²) < 4.78 is 39.8. The van der Waals surface area contributed by atoms with Crippen LogP contribution >= 0.6 is 0 Å². The van der Waals surface area contributed by atoms with Gasteiger partial charge in [-0.05, 0) is 62.4 Å². The molecule has 1 amide bonds. The number of benzene rings is 2. The summed E-state index contributed by atoms with van der Waals surface area (Å²) in [7, 11) is -3.91. The molecule has 0 saturated carbocycles. The van der Waals surface area contributed by atoms with Gasteiger partial charge >= 0.3 is 0 Å². The molecule has 2 atom stereocenters. The zero-order valence-electron chi connectivity index (χ0n) is 18.0. The van der Waals surface area contributed by atoms with Gasteiger partial charge in [-0.3, -0.25) is 4.79 Å². The quantitative estimate of drug-likeness (QED) is 0.585. The summed E-state index contributed by atoms with van der Waals surface area (Å²) in [6.07, 6.45) is 2.08. The van der Waals surface area contributed by atoms with Gasteiger partial charge in [-0.25, -0.2) is 8.42 Å². The van der Waals surface area contributed by atoms with Crippen molar-refractivity contribution in [3.05, 3.63) is 59.7 Å². The Balaban J connectivity index is 1.77. The van der Waals surface area contributed by atoms with Crippen LogP contribution in [0.3, 0.4) is 0 Å². The molecule has 2 N–H and O–H groups in total. The maximum Gasteiger partial charge on any atom is 0.241 e. The molecule has 1 fully saturated rings. The van der Waals surface area contributed by atoms with E-state index < -0.39 is 16.1 Å². The Bertz CT molecular complexity index is 973. The van der Waals surface area contributed by atoms with Crippen LogP contribution in [0.1, 0.15) is 30.9 Å². The molecule has 8 heteroatoms. The summed E-state index contributed by atoms with van der Waals surface area (Å²) in [5.74, 6) is 0.266. The molecule has 2 aromatic carbocycles. The summed E-state index contributed by atoms with van der Waals surface area (Å²) in [6, 6.07) is 13.1. The SMILES string of the molecule is CCOc1ccc(S(=O)(=O)N[C@H](Cc2ccccc2)C(=O)NC[C@H]2CCCO2)cc1C. The number of nitrogens with one attached hydrogen (secondary N) is 2. The highest BCUT2D eigenvalue weighted by Crippen LogP contribution is 2.22. The molecule has 0 radical (unpaired) electrons. The van der Waals surface area contributed by atoms with Gasteiger partial charge in [0.05, 0.1) is 17.6 Å². The molecule has 3 rings (SSSR count). The Labute approximate surface area is 184 Å². The molecule has 0 bridgehead atoms. The lowest BCUT2D eigenvalue weighted by atomic mass is 10.1. The standard InChI is InChI=1S/C23H30N2O5S/c1-3-29-22-12-11-20(14-17(22)2)31(27,28)25-21(15-18-8-5-4-6-9-18)23(26)24-16-19-10-7-13-30-19/h4-6,8-9,11-12,14,19,21,25H,3,7,10,13,15-16H2,1-2H3,(H,24,26)/t19-,21-/m1/s1. The highest BCUT2D eigenvalue weighted by Gasteiger charge is 2.27. The smallest absolute Gasteiger partial charge is 0.241 e. The summed E-state index contributed by atoms with van der Waals surface area (Å²) in [6.45, 7) is 5.22. The van der Waals surface area contributed by atoms with Gasteiger partial charge in [0.25, 0.3) is 0 Å². The third kappa shape index (κ3) is 6.53. The normalized spacial score (nSPS) is 17.3. The molecule has 168 valence electrons. The second-order valence-electron chi connectivity index (χ2n) is 7.60. The third-order valence-electron chi connectivity index (χ3n) is 5.18. The summed E-state index contributed by atoms with van der Waals surface area (Å²) in [5.41, 5.74) is 1.58. The first-order valence-corrected chi connectivity index (χ1v) is 12.1. The summed E-state index contributed by atoms with van der Waals surface area (Å²) in [5, 5.41) is 2.85. The number of hydrogen-bond acceptors (Lipinski definition) is 5. The predicted molar refractivity (Wildman–Crippen MR) is 119 cm³/mol. The van der Waals surface area contributed by atoms with E-state index in [1.165, 1.54) is 6.07 Å². The van der Waals surface area contributed by atoms with Crippen LogP contribution in [0.2, 0.25) is 0 Å². The molecule has 1 aliphatic rings. The lowest BCUT2D eigenvalue weighted by Crippen LogP contribution is -2.49. The Morgan fingerprint density at radius 1 is 1.23 bits per heavy atom. The molecule has 2 aromatic rings. The molecule has 31 heavy (non-hydrogen) atoms. The van der Waals surface area contributed by atoms with Crippen LogP contribution < -0.4 is 14.8 Å². The van der Waals surface area contributed by atoms with E-state index in [2.05, 4.69) is 10.0 Å². The summed E-state index contributed by atoms with van der Waals surface area (Å²) >= 11 is 0. The maximum absolute atomic E-state index is 13.1. The van der Waals surface area contributed by atoms with Gasteiger partial charge in [0.2, 0.25) is 15.9 Å².